The fourth-order valence-electron chi connectivity index (χ4n) is 1.55. The van der Waals surface area contributed by atoms with Gasteiger partial charge in [0.15, 0.2) is 6.61 Å². The van der Waals surface area contributed by atoms with Crippen molar-refractivity contribution in [3.05, 3.63) is 29.8 Å². The third-order valence-corrected chi connectivity index (χ3v) is 2.69. The fraction of sp³-hybridized carbons (Fsp3) is 0.533. The Bertz CT molecular complexity index is 394. The average molecular weight is 264 g/mol. The molecule has 0 aliphatic carbocycles. The van der Waals surface area contributed by atoms with Gasteiger partial charge >= 0.3 is 0 Å². The van der Waals surface area contributed by atoms with Crippen LogP contribution in [0, 0.1) is 5.41 Å². The smallest absolute Gasteiger partial charge is 0.255 e. The molecule has 4 heteroatoms. The highest BCUT2D eigenvalue weighted by Crippen LogP contribution is 2.17. The van der Waals surface area contributed by atoms with E-state index in [0.717, 1.165) is 19.5 Å². The van der Waals surface area contributed by atoms with E-state index in [1.165, 1.54) is 5.56 Å². The third kappa shape index (κ3) is 7.47. The van der Waals surface area contributed by atoms with Gasteiger partial charge in [-0.25, -0.2) is 0 Å². The molecule has 0 saturated heterocycles. The summed E-state index contributed by atoms with van der Waals surface area (Å²) in [5.74, 6) is 0.199. The third-order valence-electron chi connectivity index (χ3n) is 2.69. The maximum Gasteiger partial charge on any atom is 0.255 e. The molecule has 0 aliphatic rings. The van der Waals surface area contributed by atoms with Crippen molar-refractivity contribution in [2.24, 2.45) is 11.1 Å². The van der Waals surface area contributed by atoms with E-state index in [2.05, 4.69) is 26.1 Å². The number of carbonyl (C=O) groups is 1. The second kappa shape index (κ2) is 7.14. The zero-order chi connectivity index (χ0) is 14.3. The Morgan fingerprint density at radius 2 is 1.89 bits per heavy atom. The number of nitrogens with one attached hydrogen (secondary N) is 1. The summed E-state index contributed by atoms with van der Waals surface area (Å²) in [6.45, 7) is 8.47. The predicted molar refractivity (Wildman–Crippen MR) is 76.9 cm³/mol. The van der Waals surface area contributed by atoms with Crippen LogP contribution in [0.15, 0.2) is 24.3 Å². The Balaban J connectivity index is 2.30. The van der Waals surface area contributed by atoms with Gasteiger partial charge in [-0.15, -0.1) is 0 Å². The molecule has 0 saturated carbocycles. The van der Waals surface area contributed by atoms with Crippen molar-refractivity contribution in [3.63, 3.8) is 0 Å². The molecule has 1 rings (SSSR count). The molecule has 19 heavy (non-hydrogen) atoms. The number of nitrogens with two attached hydrogens (primary N) is 1. The van der Waals surface area contributed by atoms with Crippen molar-refractivity contribution >= 4 is 5.91 Å². The van der Waals surface area contributed by atoms with Gasteiger partial charge in [0.25, 0.3) is 5.91 Å². The van der Waals surface area contributed by atoms with E-state index in [-0.39, 0.29) is 6.61 Å². The molecule has 3 N–H and O–H groups in total. The molecule has 1 aromatic rings. The van der Waals surface area contributed by atoms with E-state index in [1.807, 2.05) is 24.3 Å². The molecule has 0 aliphatic heterocycles. The molecule has 0 fully saturated rings. The highest BCUT2D eigenvalue weighted by Gasteiger charge is 2.08. The van der Waals surface area contributed by atoms with Crippen molar-refractivity contribution in [2.75, 3.05) is 13.2 Å². The summed E-state index contributed by atoms with van der Waals surface area (Å²) in [5, 5.41) is 3.41. The fourth-order valence-corrected chi connectivity index (χ4v) is 1.55. The molecule has 0 atom stereocenters. The summed E-state index contributed by atoms with van der Waals surface area (Å²) < 4.78 is 5.20. The number of amides is 1. The topological polar surface area (TPSA) is 64.3 Å². The van der Waals surface area contributed by atoms with E-state index >= 15 is 0 Å². The molecule has 0 heterocycles. The summed E-state index contributed by atoms with van der Waals surface area (Å²) in [6.07, 6.45) is 1.15. The van der Waals surface area contributed by atoms with E-state index in [1.54, 1.807) is 0 Å². The van der Waals surface area contributed by atoms with Crippen LogP contribution < -0.4 is 15.8 Å². The second-order valence-electron chi connectivity index (χ2n) is 5.89. The van der Waals surface area contributed by atoms with Crippen molar-refractivity contribution in [2.45, 2.75) is 33.7 Å². The summed E-state index contributed by atoms with van der Waals surface area (Å²) in [5.41, 5.74) is 6.57. The van der Waals surface area contributed by atoms with Gasteiger partial charge in [-0.05, 0) is 36.1 Å². The minimum absolute atomic E-state index is 0.0802. The van der Waals surface area contributed by atoms with Gasteiger partial charge in [0.2, 0.25) is 0 Å². The van der Waals surface area contributed by atoms with Crippen LogP contribution in [0.2, 0.25) is 0 Å². The summed E-state index contributed by atoms with van der Waals surface area (Å²) in [7, 11) is 0. The molecule has 0 aromatic heterocycles. The number of hydrogen-bond donors (Lipinski definition) is 2. The Kier molecular flexibility index (Phi) is 5.83. The van der Waals surface area contributed by atoms with Crippen molar-refractivity contribution in [1.29, 1.82) is 0 Å². The highest BCUT2D eigenvalue weighted by atomic mass is 16.5. The quantitative estimate of drug-likeness (QED) is 0.741. The number of ether oxygens (including phenoxy) is 1. The normalized spacial score (nSPS) is 11.3. The zero-order valence-corrected chi connectivity index (χ0v) is 12.0. The number of benzene rings is 1. The lowest BCUT2D eigenvalue weighted by Gasteiger charge is -2.18. The van der Waals surface area contributed by atoms with Crippen LogP contribution in [-0.2, 0) is 11.3 Å². The Morgan fingerprint density at radius 3 is 2.42 bits per heavy atom. The summed E-state index contributed by atoms with van der Waals surface area (Å²) >= 11 is 0. The first-order chi connectivity index (χ1) is 8.87. The lowest BCUT2D eigenvalue weighted by molar-refractivity contribution is -0.119. The van der Waals surface area contributed by atoms with Gasteiger partial charge in [-0.3, -0.25) is 4.79 Å². The standard InChI is InChI=1S/C15H24N2O2/c1-15(2,3)8-9-17-10-12-4-6-13(7-5-12)19-11-14(16)18/h4-7,17H,8-11H2,1-3H3,(H2,16,18). The molecular formula is C15H24N2O2. The maximum absolute atomic E-state index is 10.6. The first-order valence-corrected chi connectivity index (χ1v) is 6.57. The minimum Gasteiger partial charge on any atom is -0.484 e. The van der Waals surface area contributed by atoms with Gasteiger partial charge in [0, 0.05) is 6.54 Å². The van der Waals surface area contributed by atoms with Gasteiger partial charge in [0.1, 0.15) is 5.75 Å². The number of hydrogen-bond acceptors (Lipinski definition) is 3. The predicted octanol–water partition coefficient (Wildman–Crippen LogP) is 2.08. The van der Waals surface area contributed by atoms with E-state index in [4.69, 9.17) is 10.5 Å². The van der Waals surface area contributed by atoms with Gasteiger partial charge in [0.05, 0.1) is 0 Å². The zero-order valence-electron chi connectivity index (χ0n) is 12.0. The molecule has 1 amide bonds. The molecular weight excluding hydrogens is 240 g/mol. The van der Waals surface area contributed by atoms with Crippen molar-refractivity contribution in [3.8, 4) is 5.75 Å². The van der Waals surface area contributed by atoms with Crippen LogP contribution in [0.3, 0.4) is 0 Å². The molecule has 1 aromatic carbocycles. The van der Waals surface area contributed by atoms with Crippen LogP contribution in [-0.4, -0.2) is 19.1 Å². The first-order valence-electron chi connectivity index (χ1n) is 6.57. The number of carbonyl (C=O) groups excluding carboxylic acids is 1. The molecule has 0 radical (unpaired) electrons. The second-order valence-corrected chi connectivity index (χ2v) is 5.89. The number of primary amides is 1. The Labute approximate surface area is 115 Å². The van der Waals surface area contributed by atoms with Gasteiger partial charge in [-0.2, -0.15) is 0 Å². The Hall–Kier alpha value is -1.55. The van der Waals surface area contributed by atoms with Gasteiger partial charge < -0.3 is 15.8 Å². The van der Waals surface area contributed by atoms with E-state index in [9.17, 15) is 4.79 Å². The van der Waals surface area contributed by atoms with Gasteiger partial charge in [-0.1, -0.05) is 32.9 Å². The van der Waals surface area contributed by atoms with Crippen molar-refractivity contribution in [1.82, 2.24) is 5.32 Å². The first kappa shape index (κ1) is 15.5. The Morgan fingerprint density at radius 1 is 1.26 bits per heavy atom. The van der Waals surface area contributed by atoms with Crippen molar-refractivity contribution < 1.29 is 9.53 Å². The van der Waals surface area contributed by atoms with Crippen LogP contribution in [0.4, 0.5) is 0 Å². The van der Waals surface area contributed by atoms with E-state index in [0.29, 0.717) is 11.2 Å². The average Bonchev–Trinajstić information content (AvgIpc) is 2.32. The maximum atomic E-state index is 10.6. The lowest BCUT2D eigenvalue weighted by atomic mass is 9.92. The molecule has 0 spiro atoms. The lowest BCUT2D eigenvalue weighted by Crippen LogP contribution is -2.20. The van der Waals surface area contributed by atoms with E-state index < -0.39 is 5.91 Å². The van der Waals surface area contributed by atoms with Crippen LogP contribution in [0.25, 0.3) is 0 Å². The minimum atomic E-state index is -0.465. The molecule has 0 bridgehead atoms. The van der Waals surface area contributed by atoms with Crippen LogP contribution >= 0.6 is 0 Å². The molecule has 106 valence electrons. The summed E-state index contributed by atoms with van der Waals surface area (Å²) in [6, 6.07) is 7.67. The highest BCUT2D eigenvalue weighted by molar-refractivity contribution is 5.75. The summed E-state index contributed by atoms with van der Waals surface area (Å²) in [4.78, 5) is 10.6. The van der Waals surface area contributed by atoms with Crippen LogP contribution in [0.5, 0.6) is 5.75 Å². The largest absolute Gasteiger partial charge is 0.484 e. The molecule has 4 nitrogen and oxygen atoms in total. The molecule has 0 unspecified atom stereocenters. The number of rotatable bonds is 7. The SMILES string of the molecule is CC(C)(C)CCNCc1ccc(OCC(N)=O)cc1. The van der Waals surface area contributed by atoms with Crippen LogP contribution in [0.1, 0.15) is 32.8 Å². The monoisotopic (exact) mass is 264 g/mol.